The van der Waals surface area contributed by atoms with Crippen LogP contribution in [0, 0.1) is 0 Å². The van der Waals surface area contributed by atoms with Crippen LogP contribution in [-0.4, -0.2) is 27.8 Å². The lowest BCUT2D eigenvalue weighted by atomic mass is 10.1. The summed E-state index contributed by atoms with van der Waals surface area (Å²) in [5, 5.41) is 7.93. The maximum Gasteiger partial charge on any atom is 0.327 e. The minimum atomic E-state index is -0.236. The molecule has 0 bridgehead atoms. The van der Waals surface area contributed by atoms with Gasteiger partial charge in [-0.05, 0) is 36.5 Å². The first-order chi connectivity index (χ1) is 12.6. The predicted octanol–water partition coefficient (Wildman–Crippen LogP) is 4.21. The number of nitrogens with one attached hydrogen (secondary N) is 1. The fourth-order valence-electron chi connectivity index (χ4n) is 2.63. The number of ether oxygens (including phenoxy) is 1. The topological polar surface area (TPSA) is 72.3 Å². The van der Waals surface area contributed by atoms with Gasteiger partial charge in [-0.1, -0.05) is 23.5 Å². The molecule has 0 unspecified atom stereocenters. The van der Waals surface area contributed by atoms with Crippen molar-refractivity contribution in [1.29, 1.82) is 0 Å². The third kappa shape index (κ3) is 3.70. The van der Waals surface area contributed by atoms with Gasteiger partial charge in [-0.15, -0.1) is 0 Å². The fraction of sp³-hybridized carbons (Fsp3) is 0.278. The van der Waals surface area contributed by atoms with Crippen molar-refractivity contribution >= 4 is 28.2 Å². The summed E-state index contributed by atoms with van der Waals surface area (Å²) >= 11 is 1.27. The molecular weight excluding hydrogens is 350 g/mol. The number of benzene rings is 1. The molecular formula is C18H19N5O2S. The van der Waals surface area contributed by atoms with Gasteiger partial charge in [0.05, 0.1) is 18.6 Å². The third-order valence-electron chi connectivity index (χ3n) is 4.21. The van der Waals surface area contributed by atoms with E-state index in [0.29, 0.717) is 21.9 Å². The number of aryl methyl sites for hydroxylation is 1. The molecule has 1 aromatic carbocycles. The van der Waals surface area contributed by atoms with Crippen LogP contribution in [0.1, 0.15) is 24.3 Å². The number of nitrogens with zero attached hydrogens (tertiary/aromatic N) is 4. The van der Waals surface area contributed by atoms with Gasteiger partial charge < -0.3 is 4.74 Å². The number of aromatic nitrogens is 3. The average molecular weight is 369 g/mol. The van der Waals surface area contributed by atoms with Gasteiger partial charge in [0.25, 0.3) is 0 Å². The summed E-state index contributed by atoms with van der Waals surface area (Å²) in [6.45, 7) is 0. The first-order valence-electron chi connectivity index (χ1n) is 8.35. The quantitative estimate of drug-likeness (QED) is 0.731. The second kappa shape index (κ2) is 6.80. The van der Waals surface area contributed by atoms with E-state index < -0.39 is 0 Å². The van der Waals surface area contributed by atoms with E-state index in [1.807, 2.05) is 19.2 Å². The first-order valence-corrected chi connectivity index (χ1v) is 9.17. The van der Waals surface area contributed by atoms with Gasteiger partial charge in [0, 0.05) is 19.8 Å². The molecule has 0 radical (unpaired) electrons. The Hall–Kier alpha value is -2.87. The van der Waals surface area contributed by atoms with Gasteiger partial charge in [0.1, 0.15) is 0 Å². The molecule has 2 aromatic heterocycles. The van der Waals surface area contributed by atoms with Crippen LogP contribution < -0.4 is 15.0 Å². The van der Waals surface area contributed by atoms with Crippen LogP contribution in [-0.2, 0) is 7.05 Å². The van der Waals surface area contributed by atoms with E-state index >= 15 is 0 Å². The van der Waals surface area contributed by atoms with E-state index in [0.717, 1.165) is 5.69 Å². The first kappa shape index (κ1) is 16.6. The number of hydrogen-bond donors (Lipinski definition) is 1. The molecule has 1 fully saturated rings. The Bertz CT molecular complexity index is 931. The highest BCUT2D eigenvalue weighted by Crippen LogP contribution is 2.41. The van der Waals surface area contributed by atoms with Crippen molar-refractivity contribution in [2.45, 2.75) is 18.8 Å². The SMILES string of the molecule is CN(C(=O)Nc1ncc(Oc2cnn(C)c2)s1)c1cccc(C2CC2)c1. The highest BCUT2D eigenvalue weighted by Gasteiger charge is 2.24. The molecule has 2 amide bonds. The van der Waals surface area contributed by atoms with Crippen LogP contribution in [0.5, 0.6) is 10.8 Å². The van der Waals surface area contributed by atoms with Gasteiger partial charge in [-0.2, -0.15) is 5.10 Å². The number of urea groups is 1. The molecule has 8 heteroatoms. The number of thiazole rings is 1. The second-order valence-corrected chi connectivity index (χ2v) is 7.29. The van der Waals surface area contributed by atoms with E-state index in [2.05, 4.69) is 27.5 Å². The molecule has 1 N–H and O–H groups in total. The summed E-state index contributed by atoms with van der Waals surface area (Å²) < 4.78 is 7.32. The van der Waals surface area contributed by atoms with Crippen LogP contribution in [0.15, 0.2) is 42.9 Å². The molecule has 2 heterocycles. The van der Waals surface area contributed by atoms with Crippen molar-refractivity contribution in [3.63, 3.8) is 0 Å². The monoisotopic (exact) mass is 369 g/mol. The molecule has 7 nitrogen and oxygen atoms in total. The Morgan fingerprint density at radius 2 is 2.23 bits per heavy atom. The standard InChI is InChI=1S/C18H19N5O2S/c1-22-11-15(9-20-22)25-16-10-19-17(26-16)21-18(24)23(2)14-5-3-4-13(8-14)12-6-7-12/h3-5,8-12H,6-7H2,1-2H3,(H,19,21,24). The summed E-state index contributed by atoms with van der Waals surface area (Å²) in [5.41, 5.74) is 2.17. The van der Waals surface area contributed by atoms with Crippen LogP contribution in [0.3, 0.4) is 0 Å². The highest BCUT2D eigenvalue weighted by molar-refractivity contribution is 7.17. The normalized spacial score (nSPS) is 13.5. The van der Waals surface area contributed by atoms with Gasteiger partial charge in [0.15, 0.2) is 10.9 Å². The van der Waals surface area contributed by atoms with Crippen LogP contribution in [0.25, 0.3) is 0 Å². The molecule has 0 atom stereocenters. The van der Waals surface area contributed by atoms with Crippen LogP contribution in [0.2, 0.25) is 0 Å². The van der Waals surface area contributed by atoms with Gasteiger partial charge in [-0.3, -0.25) is 14.9 Å². The molecule has 4 rings (SSSR count). The largest absolute Gasteiger partial charge is 0.442 e. The fourth-order valence-corrected chi connectivity index (χ4v) is 3.31. The van der Waals surface area contributed by atoms with Gasteiger partial charge in [-0.25, -0.2) is 9.78 Å². The van der Waals surface area contributed by atoms with Crippen molar-refractivity contribution in [3.05, 3.63) is 48.4 Å². The summed E-state index contributed by atoms with van der Waals surface area (Å²) in [5.74, 6) is 1.28. The summed E-state index contributed by atoms with van der Waals surface area (Å²) in [6.07, 6.45) is 7.44. The lowest BCUT2D eigenvalue weighted by molar-refractivity contribution is 0.258. The van der Waals surface area contributed by atoms with E-state index in [-0.39, 0.29) is 6.03 Å². The zero-order valence-corrected chi connectivity index (χ0v) is 15.4. The molecule has 3 aromatic rings. The second-order valence-electron chi connectivity index (χ2n) is 6.29. The van der Waals surface area contributed by atoms with E-state index in [4.69, 9.17) is 4.74 Å². The zero-order chi connectivity index (χ0) is 18.1. The van der Waals surface area contributed by atoms with Crippen molar-refractivity contribution in [2.75, 3.05) is 17.3 Å². The summed E-state index contributed by atoms with van der Waals surface area (Å²) in [4.78, 5) is 18.3. The summed E-state index contributed by atoms with van der Waals surface area (Å²) in [7, 11) is 3.57. The predicted molar refractivity (Wildman–Crippen MR) is 101 cm³/mol. The van der Waals surface area contributed by atoms with E-state index in [9.17, 15) is 4.79 Å². The minimum absolute atomic E-state index is 0.236. The van der Waals surface area contributed by atoms with Gasteiger partial charge in [0.2, 0.25) is 5.06 Å². The molecule has 1 aliphatic carbocycles. The molecule has 0 spiro atoms. The van der Waals surface area contributed by atoms with Gasteiger partial charge >= 0.3 is 6.03 Å². The Labute approximate surface area is 155 Å². The zero-order valence-electron chi connectivity index (χ0n) is 14.5. The molecule has 26 heavy (non-hydrogen) atoms. The highest BCUT2D eigenvalue weighted by atomic mass is 32.1. The Kier molecular flexibility index (Phi) is 4.34. The molecule has 134 valence electrons. The molecule has 0 aliphatic heterocycles. The van der Waals surface area contributed by atoms with Crippen molar-refractivity contribution < 1.29 is 9.53 Å². The Morgan fingerprint density at radius 3 is 2.96 bits per heavy atom. The molecule has 1 aliphatic rings. The average Bonchev–Trinajstić information content (AvgIpc) is 3.29. The smallest absolute Gasteiger partial charge is 0.327 e. The number of carbonyl (C=O) groups excluding carboxylic acids is 1. The van der Waals surface area contributed by atoms with Crippen molar-refractivity contribution in [2.24, 2.45) is 7.05 Å². The Balaban J connectivity index is 1.40. The maximum absolute atomic E-state index is 12.5. The number of anilines is 2. The third-order valence-corrected chi connectivity index (χ3v) is 5.00. The van der Waals surface area contributed by atoms with Crippen molar-refractivity contribution in [3.8, 4) is 10.8 Å². The van der Waals surface area contributed by atoms with Crippen LogP contribution in [0.4, 0.5) is 15.6 Å². The number of amides is 2. The Morgan fingerprint density at radius 1 is 1.38 bits per heavy atom. The van der Waals surface area contributed by atoms with E-state index in [1.54, 1.807) is 35.2 Å². The molecule has 0 saturated heterocycles. The van der Waals surface area contributed by atoms with Crippen molar-refractivity contribution in [1.82, 2.24) is 14.8 Å². The summed E-state index contributed by atoms with van der Waals surface area (Å²) in [6, 6.07) is 7.90. The number of rotatable bonds is 5. The maximum atomic E-state index is 12.5. The van der Waals surface area contributed by atoms with Crippen LogP contribution >= 0.6 is 11.3 Å². The minimum Gasteiger partial charge on any atom is -0.442 e. The lowest BCUT2D eigenvalue weighted by Crippen LogP contribution is -2.31. The molecule has 1 saturated carbocycles. The lowest BCUT2D eigenvalue weighted by Gasteiger charge is -2.18. The number of hydrogen-bond acceptors (Lipinski definition) is 5. The number of carbonyl (C=O) groups is 1. The van der Waals surface area contributed by atoms with E-state index in [1.165, 1.54) is 29.7 Å².